The van der Waals surface area contributed by atoms with Gasteiger partial charge in [0.1, 0.15) is 12.4 Å². The summed E-state index contributed by atoms with van der Waals surface area (Å²) in [5.41, 5.74) is 2.33. The molecule has 0 unspecified atom stereocenters. The van der Waals surface area contributed by atoms with Crippen molar-refractivity contribution < 1.29 is 14.3 Å². The highest BCUT2D eigenvalue weighted by Gasteiger charge is 2.42. The molecule has 0 N–H and O–H groups in total. The minimum Gasteiger partial charge on any atom is -0.497 e. The van der Waals surface area contributed by atoms with Gasteiger partial charge in [0.2, 0.25) is 5.91 Å². The molecule has 0 bridgehead atoms. The zero-order chi connectivity index (χ0) is 17.9. The maximum atomic E-state index is 12.4. The molecule has 26 heavy (non-hydrogen) atoms. The number of morpholine rings is 1. The lowest BCUT2D eigenvalue weighted by atomic mass is 10.1. The molecular weight excluding hydrogens is 330 g/mol. The third-order valence-corrected chi connectivity index (χ3v) is 5.12. The first-order valence-corrected chi connectivity index (χ1v) is 8.88. The van der Waals surface area contributed by atoms with Crippen LogP contribution in [0.2, 0.25) is 0 Å². The molecule has 0 aliphatic carbocycles. The molecule has 0 saturated carbocycles. The van der Waals surface area contributed by atoms with Crippen molar-refractivity contribution >= 4 is 5.91 Å². The molecule has 2 aliphatic heterocycles. The van der Waals surface area contributed by atoms with Crippen LogP contribution in [0.5, 0.6) is 5.75 Å². The predicted octanol–water partition coefficient (Wildman–Crippen LogP) is 1.70. The Morgan fingerprint density at radius 3 is 2.54 bits per heavy atom. The van der Waals surface area contributed by atoms with E-state index in [1.807, 2.05) is 29.2 Å². The number of methoxy groups -OCH3 is 1. The van der Waals surface area contributed by atoms with Gasteiger partial charge < -0.3 is 14.4 Å². The lowest BCUT2D eigenvalue weighted by molar-refractivity contribution is -0.153. The maximum Gasteiger partial charge on any atom is 0.249 e. The van der Waals surface area contributed by atoms with Gasteiger partial charge in [-0.3, -0.25) is 14.7 Å². The van der Waals surface area contributed by atoms with Gasteiger partial charge in [-0.2, -0.15) is 0 Å². The van der Waals surface area contributed by atoms with Crippen LogP contribution in [0.3, 0.4) is 0 Å². The highest BCUT2D eigenvalue weighted by Crippen LogP contribution is 2.26. The number of amides is 1. The fraction of sp³-hybridized carbons (Fsp3) is 0.400. The van der Waals surface area contributed by atoms with E-state index in [4.69, 9.17) is 9.47 Å². The Kier molecular flexibility index (Phi) is 4.86. The Labute approximate surface area is 153 Å². The monoisotopic (exact) mass is 353 g/mol. The fourth-order valence-corrected chi connectivity index (χ4v) is 3.75. The number of aromatic nitrogens is 1. The molecule has 3 heterocycles. The summed E-state index contributed by atoms with van der Waals surface area (Å²) in [6.45, 7) is 3.30. The third-order valence-electron chi connectivity index (χ3n) is 5.12. The van der Waals surface area contributed by atoms with Gasteiger partial charge in [0.25, 0.3) is 0 Å². The Bertz CT molecular complexity index is 751. The summed E-state index contributed by atoms with van der Waals surface area (Å²) in [6, 6.07) is 12.2. The second kappa shape index (κ2) is 7.43. The summed E-state index contributed by atoms with van der Waals surface area (Å²) in [7, 11) is 1.67. The van der Waals surface area contributed by atoms with Crippen molar-refractivity contribution in [2.45, 2.75) is 25.2 Å². The summed E-state index contributed by atoms with van der Waals surface area (Å²) in [4.78, 5) is 20.8. The highest BCUT2D eigenvalue weighted by atomic mass is 16.5. The van der Waals surface area contributed by atoms with Crippen molar-refractivity contribution in [3.05, 3.63) is 59.9 Å². The number of carbonyl (C=O) groups excluding carboxylic acids is 1. The number of hydrogen-bond acceptors (Lipinski definition) is 5. The Morgan fingerprint density at radius 2 is 1.81 bits per heavy atom. The lowest BCUT2D eigenvalue weighted by Crippen LogP contribution is -2.53. The van der Waals surface area contributed by atoms with E-state index >= 15 is 0 Å². The minimum absolute atomic E-state index is 0.0642. The molecule has 0 spiro atoms. The number of hydrogen-bond donors (Lipinski definition) is 0. The number of likely N-dealkylation sites (tertiary alicyclic amines) is 1. The minimum atomic E-state index is 0.0642. The molecule has 0 radical (unpaired) electrons. The molecule has 6 heteroatoms. The SMILES string of the molecule is COc1ccc(CN2C[C@@H]3[C@@H](C2)OCC(=O)N3Cc2ccncc2)cc1. The van der Waals surface area contributed by atoms with E-state index < -0.39 is 0 Å². The number of pyridine rings is 1. The van der Waals surface area contributed by atoms with E-state index in [2.05, 4.69) is 22.0 Å². The smallest absolute Gasteiger partial charge is 0.249 e. The first-order chi connectivity index (χ1) is 12.7. The number of fused-ring (bicyclic) bond motifs is 1. The van der Waals surface area contributed by atoms with Crippen molar-refractivity contribution in [1.29, 1.82) is 0 Å². The molecule has 6 nitrogen and oxygen atoms in total. The van der Waals surface area contributed by atoms with E-state index in [1.165, 1.54) is 5.56 Å². The van der Waals surface area contributed by atoms with Crippen LogP contribution in [-0.2, 0) is 22.6 Å². The Hall–Kier alpha value is -2.44. The maximum absolute atomic E-state index is 12.4. The molecule has 1 aromatic heterocycles. The van der Waals surface area contributed by atoms with Crippen LogP contribution in [0.25, 0.3) is 0 Å². The number of rotatable bonds is 5. The predicted molar refractivity (Wildman–Crippen MR) is 96.6 cm³/mol. The average Bonchev–Trinajstić information content (AvgIpc) is 3.08. The Balaban J connectivity index is 1.44. The van der Waals surface area contributed by atoms with Crippen LogP contribution in [0.15, 0.2) is 48.8 Å². The van der Waals surface area contributed by atoms with E-state index in [9.17, 15) is 4.79 Å². The van der Waals surface area contributed by atoms with Gasteiger partial charge in [-0.15, -0.1) is 0 Å². The van der Waals surface area contributed by atoms with Crippen LogP contribution < -0.4 is 4.74 Å². The van der Waals surface area contributed by atoms with Crippen LogP contribution in [0, 0.1) is 0 Å². The summed E-state index contributed by atoms with van der Waals surface area (Å²) < 4.78 is 11.0. The second-order valence-electron chi connectivity index (χ2n) is 6.84. The topological polar surface area (TPSA) is 54.9 Å². The van der Waals surface area contributed by atoms with Gasteiger partial charge in [0, 0.05) is 38.6 Å². The number of benzene rings is 1. The number of ether oxygens (including phenoxy) is 2. The molecule has 4 rings (SSSR count). The van der Waals surface area contributed by atoms with Crippen LogP contribution >= 0.6 is 0 Å². The van der Waals surface area contributed by atoms with Gasteiger partial charge in [-0.25, -0.2) is 0 Å². The number of nitrogens with zero attached hydrogens (tertiary/aromatic N) is 3. The average molecular weight is 353 g/mol. The molecule has 1 aromatic carbocycles. The fourth-order valence-electron chi connectivity index (χ4n) is 3.75. The van der Waals surface area contributed by atoms with Crippen molar-refractivity contribution in [1.82, 2.24) is 14.8 Å². The second-order valence-corrected chi connectivity index (χ2v) is 6.84. The standard InChI is InChI=1S/C20H23N3O3/c1-25-17-4-2-15(3-5-17)10-22-12-18-19(13-22)26-14-20(24)23(18)11-16-6-8-21-9-7-16/h2-9,18-19H,10-14H2,1H3/t18-,19-/m1/s1. The van der Waals surface area contributed by atoms with Gasteiger partial charge >= 0.3 is 0 Å². The van der Waals surface area contributed by atoms with Crippen molar-refractivity contribution in [3.63, 3.8) is 0 Å². The summed E-state index contributed by atoms with van der Waals surface area (Å²) in [6.07, 6.45) is 3.61. The van der Waals surface area contributed by atoms with E-state index in [0.717, 1.165) is 30.9 Å². The lowest BCUT2D eigenvalue weighted by Gasteiger charge is -2.36. The summed E-state index contributed by atoms with van der Waals surface area (Å²) in [5.74, 6) is 0.927. The zero-order valence-electron chi connectivity index (χ0n) is 14.9. The molecule has 2 atom stereocenters. The van der Waals surface area contributed by atoms with Crippen molar-refractivity contribution in [2.24, 2.45) is 0 Å². The van der Waals surface area contributed by atoms with Crippen LogP contribution in [0.4, 0.5) is 0 Å². The van der Waals surface area contributed by atoms with Crippen LogP contribution in [0.1, 0.15) is 11.1 Å². The molecule has 2 aromatic rings. The first-order valence-electron chi connectivity index (χ1n) is 8.88. The third kappa shape index (κ3) is 3.57. The Morgan fingerprint density at radius 1 is 1.08 bits per heavy atom. The molecule has 2 saturated heterocycles. The van der Waals surface area contributed by atoms with Gasteiger partial charge in [-0.1, -0.05) is 12.1 Å². The van der Waals surface area contributed by atoms with Gasteiger partial charge in [0.15, 0.2) is 0 Å². The quantitative estimate of drug-likeness (QED) is 0.819. The van der Waals surface area contributed by atoms with Crippen molar-refractivity contribution in [3.8, 4) is 5.75 Å². The van der Waals surface area contributed by atoms with Gasteiger partial charge in [0.05, 0.1) is 19.3 Å². The molecule has 1 amide bonds. The van der Waals surface area contributed by atoms with E-state index in [0.29, 0.717) is 6.54 Å². The summed E-state index contributed by atoms with van der Waals surface area (Å²) >= 11 is 0. The number of carbonyl (C=O) groups is 1. The van der Waals surface area contributed by atoms with Crippen molar-refractivity contribution in [2.75, 3.05) is 26.8 Å². The molecule has 136 valence electrons. The normalized spacial score (nSPS) is 23.1. The molecular formula is C20H23N3O3. The summed E-state index contributed by atoms with van der Waals surface area (Å²) in [5, 5.41) is 0. The molecule has 2 aliphatic rings. The van der Waals surface area contributed by atoms with E-state index in [1.54, 1.807) is 19.5 Å². The van der Waals surface area contributed by atoms with E-state index in [-0.39, 0.29) is 24.7 Å². The van der Waals surface area contributed by atoms with Crippen LogP contribution in [-0.4, -0.2) is 59.6 Å². The van der Waals surface area contributed by atoms with Gasteiger partial charge in [-0.05, 0) is 35.4 Å². The zero-order valence-corrected chi connectivity index (χ0v) is 14.9. The highest BCUT2D eigenvalue weighted by molar-refractivity contribution is 5.78. The largest absolute Gasteiger partial charge is 0.497 e. The first kappa shape index (κ1) is 17.0. The molecule has 2 fully saturated rings.